The third kappa shape index (κ3) is 1.69. The van der Waals surface area contributed by atoms with E-state index in [0.29, 0.717) is 5.88 Å². The van der Waals surface area contributed by atoms with Crippen LogP contribution in [0.1, 0.15) is 0 Å². The average molecular weight is 237 g/mol. The van der Waals surface area contributed by atoms with Crippen molar-refractivity contribution in [3.8, 4) is 5.88 Å². The number of rotatable bonds is 3. The number of aromatic nitrogens is 1. The van der Waals surface area contributed by atoms with Crippen LogP contribution in [0, 0.1) is 0 Å². The Balaban J connectivity index is 2.56. The molecule has 0 amide bonds. The van der Waals surface area contributed by atoms with E-state index < -0.39 is 10.0 Å². The van der Waals surface area contributed by atoms with Crippen LogP contribution >= 0.6 is 0 Å². The van der Waals surface area contributed by atoms with E-state index in [9.17, 15) is 8.42 Å². The molecule has 0 aliphatic heterocycles. The van der Waals surface area contributed by atoms with Gasteiger partial charge in [0.2, 0.25) is 5.88 Å². The Kier molecular flexibility index (Phi) is 2.70. The van der Waals surface area contributed by atoms with Crippen molar-refractivity contribution in [1.29, 1.82) is 0 Å². The van der Waals surface area contributed by atoms with Gasteiger partial charge in [-0.15, -0.1) is 0 Å². The Morgan fingerprint density at radius 2 is 1.75 bits per heavy atom. The Morgan fingerprint density at radius 3 is 2.38 bits per heavy atom. The molecule has 0 unspecified atom stereocenters. The summed E-state index contributed by atoms with van der Waals surface area (Å²) in [5.41, 5.74) is 0. The zero-order valence-corrected chi connectivity index (χ0v) is 9.52. The van der Waals surface area contributed by atoms with Gasteiger partial charge in [-0.1, -0.05) is 18.2 Å². The topological polar surface area (TPSA) is 48.3 Å². The molecular weight excluding hydrogens is 226 g/mol. The Morgan fingerprint density at radius 1 is 1.06 bits per heavy atom. The molecule has 0 aliphatic carbocycles. The van der Waals surface area contributed by atoms with Crippen LogP contribution < -0.4 is 4.74 Å². The molecule has 0 bridgehead atoms. The molecule has 0 radical (unpaired) electrons. The fourth-order valence-corrected chi connectivity index (χ4v) is 2.74. The van der Waals surface area contributed by atoms with Crippen molar-refractivity contribution >= 4 is 10.0 Å². The third-order valence-electron chi connectivity index (χ3n) is 2.19. The molecule has 1 aromatic heterocycles. The molecular formula is C11H11NO3S. The molecule has 0 spiro atoms. The molecule has 1 aromatic carbocycles. The van der Waals surface area contributed by atoms with Crippen LogP contribution in [-0.2, 0) is 10.0 Å². The minimum absolute atomic E-state index is 0.240. The summed E-state index contributed by atoms with van der Waals surface area (Å²) < 4.78 is 30.4. The van der Waals surface area contributed by atoms with Gasteiger partial charge in [-0.25, -0.2) is 12.4 Å². The quantitative estimate of drug-likeness (QED) is 0.816. The molecule has 0 saturated heterocycles. The van der Waals surface area contributed by atoms with E-state index >= 15 is 0 Å². The second-order valence-electron chi connectivity index (χ2n) is 3.16. The van der Waals surface area contributed by atoms with E-state index in [2.05, 4.69) is 0 Å². The molecule has 0 aliphatic rings. The zero-order valence-electron chi connectivity index (χ0n) is 8.70. The zero-order chi connectivity index (χ0) is 11.6. The van der Waals surface area contributed by atoms with Crippen molar-refractivity contribution in [3.63, 3.8) is 0 Å². The maximum atomic E-state index is 12.2. The normalized spacial score (nSPS) is 11.3. The van der Waals surface area contributed by atoms with E-state index in [1.54, 1.807) is 42.5 Å². The lowest BCUT2D eigenvalue weighted by Crippen LogP contribution is -2.12. The highest BCUT2D eigenvalue weighted by atomic mass is 32.2. The van der Waals surface area contributed by atoms with Crippen LogP contribution in [0.5, 0.6) is 5.88 Å². The fraction of sp³-hybridized carbons (Fsp3) is 0.0909. The smallest absolute Gasteiger partial charge is 0.270 e. The molecule has 0 fully saturated rings. The van der Waals surface area contributed by atoms with Crippen molar-refractivity contribution < 1.29 is 13.2 Å². The van der Waals surface area contributed by atoms with E-state index in [4.69, 9.17) is 4.74 Å². The summed E-state index contributed by atoms with van der Waals surface area (Å²) in [6.07, 6.45) is 1.46. The standard InChI is InChI=1S/C11H11NO3S/c1-15-11-8-5-9-12(11)16(13,14)10-6-3-2-4-7-10/h2-9H,1H3. The number of methoxy groups -OCH3 is 1. The maximum absolute atomic E-state index is 12.2. The largest absolute Gasteiger partial charge is 0.481 e. The highest BCUT2D eigenvalue weighted by Crippen LogP contribution is 2.20. The lowest BCUT2D eigenvalue weighted by atomic mass is 10.4. The van der Waals surface area contributed by atoms with Crippen molar-refractivity contribution in [2.24, 2.45) is 0 Å². The van der Waals surface area contributed by atoms with Crippen molar-refractivity contribution in [2.45, 2.75) is 4.90 Å². The molecule has 2 rings (SSSR count). The molecule has 1 heterocycles. The highest BCUT2D eigenvalue weighted by molar-refractivity contribution is 7.90. The summed E-state index contributed by atoms with van der Waals surface area (Å²) >= 11 is 0. The Bertz CT molecular complexity index is 572. The summed E-state index contributed by atoms with van der Waals surface area (Å²) in [6.45, 7) is 0. The molecule has 0 N–H and O–H groups in total. The van der Waals surface area contributed by atoms with Gasteiger partial charge in [-0.2, -0.15) is 0 Å². The average Bonchev–Trinajstić information content (AvgIpc) is 2.79. The lowest BCUT2D eigenvalue weighted by Gasteiger charge is -2.08. The first-order valence-electron chi connectivity index (χ1n) is 4.68. The van der Waals surface area contributed by atoms with Gasteiger partial charge in [-0.05, 0) is 18.2 Å². The fourth-order valence-electron chi connectivity index (χ4n) is 1.41. The molecule has 0 saturated carbocycles. The molecule has 2 aromatic rings. The van der Waals surface area contributed by atoms with Crippen LogP contribution in [-0.4, -0.2) is 19.5 Å². The van der Waals surface area contributed by atoms with Crippen molar-refractivity contribution in [1.82, 2.24) is 3.97 Å². The van der Waals surface area contributed by atoms with E-state index in [1.165, 1.54) is 13.3 Å². The summed E-state index contributed by atoms with van der Waals surface area (Å²) in [5, 5.41) is 0. The summed E-state index contributed by atoms with van der Waals surface area (Å²) in [4.78, 5) is 0.240. The number of ether oxygens (including phenoxy) is 1. The van der Waals surface area contributed by atoms with Gasteiger partial charge in [-0.3, -0.25) is 0 Å². The maximum Gasteiger partial charge on any atom is 0.270 e. The summed E-state index contributed by atoms with van der Waals surface area (Å²) in [5.74, 6) is 0.295. The van der Waals surface area contributed by atoms with Gasteiger partial charge in [0, 0.05) is 12.3 Å². The van der Waals surface area contributed by atoms with Gasteiger partial charge >= 0.3 is 0 Å². The third-order valence-corrected chi connectivity index (χ3v) is 3.87. The second kappa shape index (κ2) is 4.02. The minimum Gasteiger partial charge on any atom is -0.481 e. The number of hydrogen-bond donors (Lipinski definition) is 0. The van der Waals surface area contributed by atoms with E-state index in [0.717, 1.165) is 3.97 Å². The number of nitrogens with zero attached hydrogens (tertiary/aromatic N) is 1. The predicted octanol–water partition coefficient (Wildman–Crippen LogP) is 1.73. The molecule has 84 valence electrons. The van der Waals surface area contributed by atoms with Gasteiger partial charge in [0.05, 0.1) is 12.0 Å². The van der Waals surface area contributed by atoms with Crippen molar-refractivity contribution in [2.75, 3.05) is 7.11 Å². The van der Waals surface area contributed by atoms with Crippen LogP contribution in [0.15, 0.2) is 53.6 Å². The number of benzene rings is 1. The summed E-state index contributed by atoms with van der Waals surface area (Å²) in [7, 11) is -2.11. The van der Waals surface area contributed by atoms with E-state index in [1.807, 2.05) is 0 Å². The van der Waals surface area contributed by atoms with Crippen molar-refractivity contribution in [3.05, 3.63) is 48.7 Å². The summed E-state index contributed by atoms with van der Waals surface area (Å²) in [6, 6.07) is 11.5. The Hall–Kier alpha value is -1.75. The number of hydrogen-bond acceptors (Lipinski definition) is 3. The van der Waals surface area contributed by atoms with E-state index in [-0.39, 0.29) is 4.90 Å². The SMILES string of the molecule is COc1cccn1S(=O)(=O)c1ccccc1. The van der Waals surface area contributed by atoms with Crippen LogP contribution in [0.2, 0.25) is 0 Å². The molecule has 5 heteroatoms. The monoisotopic (exact) mass is 237 g/mol. The van der Waals surface area contributed by atoms with Crippen LogP contribution in [0.4, 0.5) is 0 Å². The Labute approximate surface area is 94.1 Å². The van der Waals surface area contributed by atoms with Crippen LogP contribution in [0.3, 0.4) is 0 Å². The van der Waals surface area contributed by atoms with Gasteiger partial charge in [0.25, 0.3) is 10.0 Å². The minimum atomic E-state index is -3.55. The van der Waals surface area contributed by atoms with Crippen LogP contribution in [0.25, 0.3) is 0 Å². The molecule has 0 atom stereocenters. The van der Waals surface area contributed by atoms with Gasteiger partial charge < -0.3 is 4.74 Å². The first kappa shape index (κ1) is 10.8. The first-order chi connectivity index (χ1) is 7.66. The lowest BCUT2D eigenvalue weighted by molar-refractivity contribution is 0.393. The highest BCUT2D eigenvalue weighted by Gasteiger charge is 2.18. The van der Waals surface area contributed by atoms with Gasteiger partial charge in [0.15, 0.2) is 0 Å². The molecule has 16 heavy (non-hydrogen) atoms. The second-order valence-corrected chi connectivity index (χ2v) is 4.98. The van der Waals surface area contributed by atoms with Gasteiger partial charge in [0.1, 0.15) is 0 Å². The first-order valence-corrected chi connectivity index (χ1v) is 6.12. The molecule has 4 nitrogen and oxygen atoms in total. The predicted molar refractivity (Wildman–Crippen MR) is 60.0 cm³/mol.